The molecule has 1 heterocycles. The summed E-state index contributed by atoms with van der Waals surface area (Å²) in [5, 5.41) is 9.84. The van der Waals surface area contributed by atoms with Gasteiger partial charge in [0.1, 0.15) is 5.58 Å². The molecule has 266 valence electrons. The van der Waals surface area contributed by atoms with Gasteiger partial charge in [-0.05, 0) is 90.0 Å². The minimum absolute atomic E-state index is 0.114. The van der Waals surface area contributed by atoms with Crippen LogP contribution in [0.3, 0.4) is 0 Å². The zero-order valence-corrected chi connectivity index (χ0v) is 31.9. The van der Waals surface area contributed by atoms with Gasteiger partial charge in [-0.2, -0.15) is 0 Å². The first-order valence-corrected chi connectivity index (χ1v) is 19.8. The maximum absolute atomic E-state index is 7.30. The first-order valence-electron chi connectivity index (χ1n) is 19.8. The molecule has 0 bridgehead atoms. The Balaban J connectivity index is 1.19. The normalized spacial score (nSPS) is 14.7. The molecule has 0 N–H and O–H groups in total. The molecule has 9 aromatic carbocycles. The molecule has 0 unspecified atom stereocenters. The molecule has 1 aromatic heterocycles. The molecule has 0 saturated heterocycles. The van der Waals surface area contributed by atoms with Crippen LogP contribution in [-0.4, -0.2) is 0 Å². The van der Waals surface area contributed by atoms with Gasteiger partial charge in [-0.3, -0.25) is 0 Å². The number of anilines is 3. The van der Waals surface area contributed by atoms with Gasteiger partial charge in [0.25, 0.3) is 0 Å². The lowest BCUT2D eigenvalue weighted by Crippen LogP contribution is -2.16. The maximum Gasteiger partial charge on any atom is 0.159 e. The molecule has 2 heteroatoms. The van der Waals surface area contributed by atoms with Gasteiger partial charge >= 0.3 is 0 Å². The van der Waals surface area contributed by atoms with Gasteiger partial charge in [0.05, 0.1) is 11.4 Å². The largest absolute Gasteiger partial charge is 0.453 e. The van der Waals surface area contributed by atoms with Crippen molar-refractivity contribution in [2.75, 3.05) is 4.90 Å². The van der Waals surface area contributed by atoms with Gasteiger partial charge < -0.3 is 9.32 Å². The van der Waals surface area contributed by atoms with E-state index >= 15 is 0 Å². The number of para-hydroxylation sites is 1. The Hall–Kier alpha value is -6.64. The van der Waals surface area contributed by atoms with Crippen LogP contribution in [0, 0.1) is 0 Å². The van der Waals surface area contributed by atoms with Gasteiger partial charge in [-0.1, -0.05) is 167 Å². The quantitative estimate of drug-likeness (QED) is 0.169. The van der Waals surface area contributed by atoms with E-state index in [4.69, 9.17) is 4.42 Å². The average molecular weight is 718 g/mol. The number of rotatable bonds is 3. The van der Waals surface area contributed by atoms with E-state index in [9.17, 15) is 0 Å². The summed E-state index contributed by atoms with van der Waals surface area (Å²) in [6.07, 6.45) is 0. The third-order valence-electron chi connectivity index (χ3n) is 13.2. The molecular weight excluding hydrogens is 679 g/mol. The van der Waals surface area contributed by atoms with Crippen molar-refractivity contribution in [3.63, 3.8) is 0 Å². The number of furan rings is 1. The Labute approximate surface area is 326 Å². The van der Waals surface area contributed by atoms with Crippen molar-refractivity contribution >= 4 is 71.3 Å². The van der Waals surface area contributed by atoms with Crippen LogP contribution in [0.2, 0.25) is 0 Å². The summed E-state index contributed by atoms with van der Waals surface area (Å²) in [5.74, 6) is 0. The van der Waals surface area contributed by atoms with Gasteiger partial charge in [0.2, 0.25) is 0 Å². The van der Waals surface area contributed by atoms with Crippen LogP contribution in [-0.2, 0) is 10.8 Å². The van der Waals surface area contributed by atoms with Gasteiger partial charge in [0.15, 0.2) is 5.58 Å². The number of fused-ring (bicyclic) bond motifs is 16. The molecular formula is C54H39NO. The van der Waals surface area contributed by atoms with E-state index < -0.39 is 0 Å². The van der Waals surface area contributed by atoms with E-state index in [-0.39, 0.29) is 10.8 Å². The molecule has 2 aliphatic carbocycles. The van der Waals surface area contributed by atoms with Crippen LogP contribution in [0.25, 0.3) is 76.5 Å². The van der Waals surface area contributed by atoms with Crippen LogP contribution >= 0.6 is 0 Å². The van der Waals surface area contributed by atoms with Crippen molar-refractivity contribution in [2.45, 2.75) is 38.5 Å². The smallest absolute Gasteiger partial charge is 0.159 e. The fourth-order valence-electron chi connectivity index (χ4n) is 10.6. The SMILES string of the molecule is CC1(C)c2ccccc2-c2c(N(c3ccc4c5ccccc5c5ccccc5c4c3)c3cccc4c3oc3c5c(ccc34)C(C)(C)c3ccccc3-5)cccc21. The fourth-order valence-corrected chi connectivity index (χ4v) is 10.6. The molecule has 56 heavy (non-hydrogen) atoms. The second-order valence-corrected chi connectivity index (χ2v) is 16.8. The van der Waals surface area contributed by atoms with E-state index in [1.807, 2.05) is 0 Å². The predicted molar refractivity (Wildman–Crippen MR) is 236 cm³/mol. The summed E-state index contributed by atoms with van der Waals surface area (Å²) in [7, 11) is 0. The van der Waals surface area contributed by atoms with E-state index in [1.54, 1.807) is 0 Å². The van der Waals surface area contributed by atoms with E-state index in [0.29, 0.717) is 0 Å². The lowest BCUT2D eigenvalue weighted by Gasteiger charge is -2.29. The maximum atomic E-state index is 7.30. The third kappa shape index (κ3) is 4.01. The third-order valence-corrected chi connectivity index (χ3v) is 13.2. The van der Waals surface area contributed by atoms with Crippen LogP contribution in [0.5, 0.6) is 0 Å². The monoisotopic (exact) mass is 717 g/mol. The number of hydrogen-bond donors (Lipinski definition) is 0. The summed E-state index contributed by atoms with van der Waals surface area (Å²) in [4.78, 5) is 2.48. The van der Waals surface area contributed by atoms with Crippen molar-refractivity contribution in [2.24, 2.45) is 0 Å². The highest BCUT2D eigenvalue weighted by atomic mass is 16.3. The van der Waals surface area contributed by atoms with Crippen LogP contribution < -0.4 is 4.90 Å². The highest BCUT2D eigenvalue weighted by molar-refractivity contribution is 6.26. The van der Waals surface area contributed by atoms with Crippen LogP contribution in [0.15, 0.2) is 168 Å². The van der Waals surface area contributed by atoms with E-state index in [2.05, 4.69) is 196 Å². The van der Waals surface area contributed by atoms with Crippen molar-refractivity contribution in [1.29, 1.82) is 0 Å². The molecule has 2 nitrogen and oxygen atoms in total. The van der Waals surface area contributed by atoms with Crippen molar-refractivity contribution in [3.05, 3.63) is 186 Å². The Morgan fingerprint density at radius 3 is 1.50 bits per heavy atom. The fraction of sp³-hybridized carbons (Fsp3) is 0.111. The molecule has 0 spiro atoms. The predicted octanol–water partition coefficient (Wildman–Crippen LogP) is 15.1. The van der Waals surface area contributed by atoms with E-state index in [1.165, 1.54) is 76.8 Å². The summed E-state index contributed by atoms with van der Waals surface area (Å²) < 4.78 is 7.30. The van der Waals surface area contributed by atoms with Crippen molar-refractivity contribution in [1.82, 2.24) is 0 Å². The van der Waals surface area contributed by atoms with E-state index in [0.717, 1.165) is 39.0 Å². The molecule has 0 radical (unpaired) electrons. The van der Waals surface area contributed by atoms with Gasteiger partial charge in [-0.25, -0.2) is 0 Å². The Morgan fingerprint density at radius 2 is 0.821 bits per heavy atom. The molecule has 0 saturated carbocycles. The highest BCUT2D eigenvalue weighted by Crippen LogP contribution is 2.57. The Morgan fingerprint density at radius 1 is 0.357 bits per heavy atom. The minimum atomic E-state index is -0.141. The average Bonchev–Trinajstić information content (AvgIpc) is 3.82. The lowest BCUT2D eigenvalue weighted by molar-refractivity contribution is 0.653. The summed E-state index contributed by atoms with van der Waals surface area (Å²) in [5.41, 5.74) is 15.3. The first-order chi connectivity index (χ1) is 27.3. The zero-order chi connectivity index (χ0) is 37.5. The summed E-state index contributed by atoms with van der Waals surface area (Å²) in [6, 6.07) is 60.7. The van der Waals surface area contributed by atoms with Gasteiger partial charge in [0, 0.05) is 38.4 Å². The molecule has 2 aliphatic rings. The second kappa shape index (κ2) is 11.0. The number of hydrogen-bond acceptors (Lipinski definition) is 2. The molecule has 0 amide bonds. The molecule has 12 rings (SSSR count). The zero-order valence-electron chi connectivity index (χ0n) is 31.9. The minimum Gasteiger partial charge on any atom is -0.453 e. The molecule has 0 aliphatic heterocycles. The molecule has 0 atom stereocenters. The summed E-state index contributed by atoms with van der Waals surface area (Å²) in [6.45, 7) is 9.39. The summed E-state index contributed by atoms with van der Waals surface area (Å²) >= 11 is 0. The molecule has 10 aromatic rings. The number of benzene rings is 9. The van der Waals surface area contributed by atoms with Crippen LogP contribution in [0.4, 0.5) is 17.1 Å². The number of nitrogens with zero attached hydrogens (tertiary/aromatic N) is 1. The second-order valence-electron chi connectivity index (χ2n) is 16.8. The lowest BCUT2D eigenvalue weighted by atomic mass is 9.82. The topological polar surface area (TPSA) is 16.4 Å². The standard InChI is InChI=1S/C54H39NO/c1-53(2)43-22-11-9-19-40(43)49-45(53)24-14-25-47(49)55(32-27-28-37-35-17-6-5-15-33(35)34-16-7-8-18-36(34)42(37)31-32)48-26-13-21-38-39-29-30-46-50(52(39)56-51(38)48)41-20-10-12-23-44(41)54(46,3)4/h5-31H,1-4H3. The van der Waals surface area contributed by atoms with Gasteiger partial charge in [-0.15, -0.1) is 0 Å². The van der Waals surface area contributed by atoms with Crippen LogP contribution in [0.1, 0.15) is 49.9 Å². The Bertz CT molecular complexity index is 3290. The van der Waals surface area contributed by atoms with Crippen molar-refractivity contribution < 1.29 is 4.42 Å². The molecule has 0 fully saturated rings. The van der Waals surface area contributed by atoms with Crippen molar-refractivity contribution in [3.8, 4) is 22.3 Å². The highest BCUT2D eigenvalue weighted by Gasteiger charge is 2.39. The first kappa shape index (κ1) is 31.7. The Kier molecular flexibility index (Phi) is 6.22.